The van der Waals surface area contributed by atoms with Gasteiger partial charge in [-0.15, -0.1) is 6.58 Å². The van der Waals surface area contributed by atoms with Gasteiger partial charge in [-0.25, -0.2) is 0 Å². The average Bonchev–Trinajstić information content (AvgIpc) is 2.15. The zero-order chi connectivity index (χ0) is 10.5. The maximum atomic E-state index is 10.3. The molecule has 0 rings (SSSR count). The topological polar surface area (TPSA) is 40.5 Å². The lowest BCUT2D eigenvalue weighted by Crippen LogP contribution is -2.43. The summed E-state index contributed by atoms with van der Waals surface area (Å²) in [5.41, 5.74) is -0.800. The molecule has 0 radical (unpaired) electrons. The van der Waals surface area contributed by atoms with E-state index in [0.29, 0.717) is 6.42 Å². The Hall–Kier alpha value is -0.340. The van der Waals surface area contributed by atoms with Crippen molar-refractivity contribution in [2.24, 2.45) is 11.8 Å². The molecule has 13 heavy (non-hydrogen) atoms. The number of hydrogen-bond donors (Lipinski definition) is 2. The molecule has 0 bridgehead atoms. The molecule has 0 saturated carbocycles. The molecule has 0 aliphatic rings. The van der Waals surface area contributed by atoms with Gasteiger partial charge in [-0.2, -0.15) is 0 Å². The SMILES string of the molecule is C=CC[C@](O)([C@@H](C)CC)[C@@H](C)CO. The molecular formula is C11H22O2. The zero-order valence-corrected chi connectivity index (χ0v) is 8.95. The van der Waals surface area contributed by atoms with Gasteiger partial charge in [-0.3, -0.25) is 0 Å². The van der Waals surface area contributed by atoms with Crippen molar-refractivity contribution in [2.75, 3.05) is 6.61 Å². The Kier molecular flexibility index (Phi) is 5.26. The Balaban J connectivity index is 4.59. The van der Waals surface area contributed by atoms with E-state index in [1.807, 2.05) is 20.8 Å². The average molecular weight is 186 g/mol. The minimum absolute atomic E-state index is 0.0225. The third-order valence-electron chi connectivity index (χ3n) is 3.06. The van der Waals surface area contributed by atoms with Gasteiger partial charge in [0.2, 0.25) is 0 Å². The van der Waals surface area contributed by atoms with Crippen molar-refractivity contribution < 1.29 is 10.2 Å². The summed E-state index contributed by atoms with van der Waals surface area (Å²) in [7, 11) is 0. The van der Waals surface area contributed by atoms with E-state index in [0.717, 1.165) is 6.42 Å². The fourth-order valence-corrected chi connectivity index (χ4v) is 1.63. The third kappa shape index (κ3) is 2.82. The van der Waals surface area contributed by atoms with Crippen LogP contribution in [0.15, 0.2) is 12.7 Å². The first-order chi connectivity index (χ1) is 6.02. The molecule has 0 aromatic heterocycles. The smallest absolute Gasteiger partial charge is 0.0754 e. The fourth-order valence-electron chi connectivity index (χ4n) is 1.63. The van der Waals surface area contributed by atoms with Crippen LogP contribution >= 0.6 is 0 Å². The zero-order valence-electron chi connectivity index (χ0n) is 8.95. The van der Waals surface area contributed by atoms with Crippen molar-refractivity contribution in [3.63, 3.8) is 0 Å². The van der Waals surface area contributed by atoms with E-state index in [-0.39, 0.29) is 18.4 Å². The monoisotopic (exact) mass is 186 g/mol. The third-order valence-corrected chi connectivity index (χ3v) is 3.06. The molecule has 0 amide bonds. The van der Waals surface area contributed by atoms with Crippen molar-refractivity contribution in [2.45, 2.75) is 39.2 Å². The van der Waals surface area contributed by atoms with Gasteiger partial charge < -0.3 is 10.2 Å². The number of aliphatic hydroxyl groups excluding tert-OH is 1. The highest BCUT2D eigenvalue weighted by Crippen LogP contribution is 2.32. The molecule has 0 heterocycles. The highest BCUT2D eigenvalue weighted by molar-refractivity contribution is 4.93. The number of aliphatic hydroxyl groups is 2. The molecule has 0 unspecified atom stereocenters. The van der Waals surface area contributed by atoms with Crippen LogP contribution < -0.4 is 0 Å². The largest absolute Gasteiger partial charge is 0.396 e. The first-order valence-electron chi connectivity index (χ1n) is 4.97. The highest BCUT2D eigenvalue weighted by atomic mass is 16.3. The Morgan fingerprint density at radius 2 is 1.92 bits per heavy atom. The molecule has 0 aromatic carbocycles. The first-order valence-corrected chi connectivity index (χ1v) is 4.97. The van der Waals surface area contributed by atoms with Crippen molar-refractivity contribution in [1.82, 2.24) is 0 Å². The normalized spacial score (nSPS) is 20.4. The summed E-state index contributed by atoms with van der Waals surface area (Å²) in [6.07, 6.45) is 3.18. The summed E-state index contributed by atoms with van der Waals surface area (Å²) in [6, 6.07) is 0. The van der Waals surface area contributed by atoms with Crippen LogP contribution in [0.3, 0.4) is 0 Å². The quantitative estimate of drug-likeness (QED) is 0.623. The molecule has 2 nitrogen and oxygen atoms in total. The second kappa shape index (κ2) is 5.40. The molecule has 0 fully saturated rings. The minimum Gasteiger partial charge on any atom is -0.396 e. The second-order valence-corrected chi connectivity index (χ2v) is 3.88. The van der Waals surface area contributed by atoms with Gasteiger partial charge in [0, 0.05) is 12.5 Å². The first kappa shape index (κ1) is 12.7. The number of hydrogen-bond acceptors (Lipinski definition) is 2. The predicted molar refractivity (Wildman–Crippen MR) is 55.5 cm³/mol. The molecule has 0 aliphatic heterocycles. The molecule has 0 aliphatic carbocycles. The molecular weight excluding hydrogens is 164 g/mol. The maximum Gasteiger partial charge on any atom is 0.0754 e. The summed E-state index contributed by atoms with van der Waals surface area (Å²) in [6.45, 7) is 9.58. The molecule has 0 aromatic rings. The predicted octanol–water partition coefficient (Wildman–Crippen LogP) is 1.97. The lowest BCUT2D eigenvalue weighted by molar-refractivity contribution is -0.0724. The van der Waals surface area contributed by atoms with Crippen LogP contribution in [0.1, 0.15) is 33.6 Å². The van der Waals surface area contributed by atoms with Gasteiger partial charge in [0.25, 0.3) is 0 Å². The summed E-state index contributed by atoms with van der Waals surface area (Å²) < 4.78 is 0. The van der Waals surface area contributed by atoms with Crippen LogP contribution in [0, 0.1) is 11.8 Å². The Bertz CT molecular complexity index is 144. The summed E-state index contributed by atoms with van der Waals surface area (Å²) in [4.78, 5) is 0. The van der Waals surface area contributed by atoms with Crippen LogP contribution in [0.2, 0.25) is 0 Å². The summed E-state index contributed by atoms with van der Waals surface area (Å²) in [5.74, 6) is 0.0908. The van der Waals surface area contributed by atoms with Gasteiger partial charge in [-0.05, 0) is 12.3 Å². The lowest BCUT2D eigenvalue weighted by atomic mass is 9.75. The van der Waals surface area contributed by atoms with E-state index in [1.54, 1.807) is 6.08 Å². The molecule has 0 saturated heterocycles. The molecule has 3 atom stereocenters. The van der Waals surface area contributed by atoms with E-state index < -0.39 is 5.60 Å². The molecule has 2 N–H and O–H groups in total. The summed E-state index contributed by atoms with van der Waals surface area (Å²) in [5, 5.41) is 19.4. The van der Waals surface area contributed by atoms with E-state index in [9.17, 15) is 5.11 Å². The van der Waals surface area contributed by atoms with Gasteiger partial charge in [0.1, 0.15) is 0 Å². The van der Waals surface area contributed by atoms with Crippen LogP contribution in [-0.2, 0) is 0 Å². The Morgan fingerprint density at radius 1 is 1.38 bits per heavy atom. The van der Waals surface area contributed by atoms with Crippen molar-refractivity contribution in [3.05, 3.63) is 12.7 Å². The highest BCUT2D eigenvalue weighted by Gasteiger charge is 2.36. The van der Waals surface area contributed by atoms with Crippen LogP contribution in [0.4, 0.5) is 0 Å². The van der Waals surface area contributed by atoms with Gasteiger partial charge in [-0.1, -0.05) is 33.3 Å². The van der Waals surface area contributed by atoms with Crippen LogP contribution in [0.5, 0.6) is 0 Å². The van der Waals surface area contributed by atoms with E-state index in [2.05, 4.69) is 6.58 Å². The van der Waals surface area contributed by atoms with Gasteiger partial charge in [0.15, 0.2) is 0 Å². The van der Waals surface area contributed by atoms with E-state index in [1.165, 1.54) is 0 Å². The molecule has 2 heteroatoms. The standard InChI is InChI=1S/C11H22O2/c1-5-7-11(13,9(3)6-2)10(4)8-12/h5,9-10,12-13H,1,6-8H2,2-4H3/t9-,10-,11-/m0/s1. The summed E-state index contributed by atoms with van der Waals surface area (Å²) >= 11 is 0. The molecule has 78 valence electrons. The van der Waals surface area contributed by atoms with Crippen LogP contribution in [0.25, 0.3) is 0 Å². The Labute approximate surface area is 81.3 Å². The van der Waals surface area contributed by atoms with Crippen molar-refractivity contribution >= 4 is 0 Å². The lowest BCUT2D eigenvalue weighted by Gasteiger charge is -2.37. The molecule has 0 spiro atoms. The van der Waals surface area contributed by atoms with Crippen molar-refractivity contribution in [3.8, 4) is 0 Å². The van der Waals surface area contributed by atoms with Crippen LogP contribution in [-0.4, -0.2) is 22.4 Å². The maximum absolute atomic E-state index is 10.3. The fraction of sp³-hybridized carbons (Fsp3) is 0.818. The van der Waals surface area contributed by atoms with E-state index >= 15 is 0 Å². The Morgan fingerprint density at radius 3 is 2.23 bits per heavy atom. The minimum atomic E-state index is -0.800. The van der Waals surface area contributed by atoms with Crippen molar-refractivity contribution in [1.29, 1.82) is 0 Å². The van der Waals surface area contributed by atoms with Gasteiger partial charge >= 0.3 is 0 Å². The number of rotatable bonds is 6. The van der Waals surface area contributed by atoms with E-state index in [4.69, 9.17) is 5.11 Å². The van der Waals surface area contributed by atoms with Gasteiger partial charge in [0.05, 0.1) is 5.60 Å². The second-order valence-electron chi connectivity index (χ2n) is 3.88.